The number of nitrogens with zero attached hydrogens (tertiary/aromatic N) is 1. The standard InChI is InChI=1S/C15H20ClNO/c1-13(2)6-5-9-18-15-10-14(11-17-12-15)7-3-4-8-16/h10-13H,4-6,8-9H2,1-2H3. The van der Waals surface area contributed by atoms with Crippen LogP contribution in [0.15, 0.2) is 18.5 Å². The molecular weight excluding hydrogens is 246 g/mol. The molecule has 1 aromatic heterocycles. The van der Waals surface area contributed by atoms with Crippen LogP contribution in [0.25, 0.3) is 0 Å². The highest BCUT2D eigenvalue weighted by Crippen LogP contribution is 2.12. The van der Waals surface area contributed by atoms with Gasteiger partial charge in [-0.15, -0.1) is 11.6 Å². The van der Waals surface area contributed by atoms with Crippen LogP contribution in [0.3, 0.4) is 0 Å². The van der Waals surface area contributed by atoms with Crippen LogP contribution in [0.1, 0.15) is 38.7 Å². The van der Waals surface area contributed by atoms with Gasteiger partial charge in [0.05, 0.1) is 12.8 Å². The predicted octanol–water partition coefficient (Wildman–Crippen LogP) is 3.88. The van der Waals surface area contributed by atoms with Gasteiger partial charge in [-0.05, 0) is 24.8 Å². The minimum atomic E-state index is 0.561. The van der Waals surface area contributed by atoms with E-state index in [4.69, 9.17) is 16.3 Å². The molecule has 0 spiro atoms. The summed E-state index contributed by atoms with van der Waals surface area (Å²) in [4.78, 5) is 4.12. The Hall–Kier alpha value is -1.20. The first-order valence-corrected chi connectivity index (χ1v) is 6.88. The van der Waals surface area contributed by atoms with Gasteiger partial charge in [0.25, 0.3) is 0 Å². The average Bonchev–Trinajstić information content (AvgIpc) is 2.35. The van der Waals surface area contributed by atoms with Crippen LogP contribution in [-0.4, -0.2) is 17.5 Å². The molecule has 0 fully saturated rings. The molecule has 0 aromatic carbocycles. The third-order valence-corrected chi connectivity index (χ3v) is 2.55. The molecule has 1 aromatic rings. The van der Waals surface area contributed by atoms with Gasteiger partial charge in [0.1, 0.15) is 5.75 Å². The summed E-state index contributed by atoms with van der Waals surface area (Å²) in [6, 6.07) is 1.92. The van der Waals surface area contributed by atoms with Crippen LogP contribution in [0, 0.1) is 17.8 Å². The van der Waals surface area contributed by atoms with Gasteiger partial charge in [0.15, 0.2) is 0 Å². The van der Waals surface area contributed by atoms with Gasteiger partial charge in [-0.1, -0.05) is 25.7 Å². The van der Waals surface area contributed by atoms with E-state index in [0.717, 1.165) is 30.3 Å². The summed E-state index contributed by atoms with van der Waals surface area (Å²) < 4.78 is 5.65. The molecule has 0 radical (unpaired) electrons. The lowest BCUT2D eigenvalue weighted by Gasteiger charge is -2.07. The van der Waals surface area contributed by atoms with Gasteiger partial charge in [-0.25, -0.2) is 0 Å². The largest absolute Gasteiger partial charge is 0.492 e. The highest BCUT2D eigenvalue weighted by Gasteiger charge is 1.97. The summed E-state index contributed by atoms with van der Waals surface area (Å²) in [5.41, 5.74) is 0.876. The monoisotopic (exact) mass is 265 g/mol. The van der Waals surface area contributed by atoms with E-state index < -0.39 is 0 Å². The van der Waals surface area contributed by atoms with Crippen molar-refractivity contribution in [2.24, 2.45) is 5.92 Å². The maximum Gasteiger partial charge on any atom is 0.138 e. The van der Waals surface area contributed by atoms with Gasteiger partial charge in [0, 0.05) is 24.1 Å². The number of rotatable bonds is 6. The number of hydrogen-bond acceptors (Lipinski definition) is 2. The van der Waals surface area contributed by atoms with Crippen LogP contribution in [0.5, 0.6) is 5.75 Å². The fourth-order valence-electron chi connectivity index (χ4n) is 1.46. The molecule has 0 saturated heterocycles. The Morgan fingerprint density at radius 3 is 2.94 bits per heavy atom. The van der Waals surface area contributed by atoms with E-state index >= 15 is 0 Å². The van der Waals surface area contributed by atoms with Crippen molar-refractivity contribution in [2.45, 2.75) is 33.1 Å². The SMILES string of the molecule is CC(C)CCCOc1cncc(C#CCCCl)c1. The number of halogens is 1. The molecule has 0 aliphatic heterocycles. The van der Waals surface area contributed by atoms with Gasteiger partial charge in [0.2, 0.25) is 0 Å². The molecule has 0 N–H and O–H groups in total. The predicted molar refractivity (Wildman–Crippen MR) is 76.0 cm³/mol. The number of hydrogen-bond donors (Lipinski definition) is 0. The zero-order valence-corrected chi connectivity index (χ0v) is 11.8. The van der Waals surface area contributed by atoms with E-state index in [1.54, 1.807) is 12.4 Å². The lowest BCUT2D eigenvalue weighted by molar-refractivity contribution is 0.296. The second-order valence-electron chi connectivity index (χ2n) is 4.53. The summed E-state index contributed by atoms with van der Waals surface area (Å²) in [5, 5.41) is 0. The van der Waals surface area contributed by atoms with Crippen LogP contribution in [-0.2, 0) is 0 Å². The van der Waals surface area contributed by atoms with E-state index in [0.29, 0.717) is 12.3 Å². The Morgan fingerprint density at radius 2 is 2.22 bits per heavy atom. The van der Waals surface area contributed by atoms with Crippen LogP contribution >= 0.6 is 11.6 Å². The van der Waals surface area contributed by atoms with Crippen LogP contribution in [0.4, 0.5) is 0 Å². The zero-order valence-electron chi connectivity index (χ0n) is 11.1. The lowest BCUT2D eigenvalue weighted by atomic mass is 10.1. The van der Waals surface area contributed by atoms with Crippen molar-refractivity contribution in [3.05, 3.63) is 24.0 Å². The highest BCUT2D eigenvalue weighted by molar-refractivity contribution is 6.18. The molecule has 0 atom stereocenters. The van der Waals surface area contributed by atoms with Crippen molar-refractivity contribution in [3.63, 3.8) is 0 Å². The van der Waals surface area contributed by atoms with Gasteiger partial charge in [-0.3, -0.25) is 4.98 Å². The van der Waals surface area contributed by atoms with Crippen molar-refractivity contribution in [3.8, 4) is 17.6 Å². The number of alkyl halides is 1. The molecule has 0 bridgehead atoms. The summed E-state index contributed by atoms with van der Waals surface area (Å²) in [6.45, 7) is 5.17. The minimum Gasteiger partial charge on any atom is -0.492 e. The second kappa shape index (κ2) is 8.83. The first-order chi connectivity index (χ1) is 8.72. The fraction of sp³-hybridized carbons (Fsp3) is 0.533. The van der Waals surface area contributed by atoms with E-state index in [1.165, 1.54) is 6.42 Å². The Morgan fingerprint density at radius 1 is 1.39 bits per heavy atom. The second-order valence-corrected chi connectivity index (χ2v) is 4.91. The molecule has 0 amide bonds. The van der Waals surface area contributed by atoms with Crippen LogP contribution in [0.2, 0.25) is 0 Å². The van der Waals surface area contributed by atoms with E-state index in [9.17, 15) is 0 Å². The van der Waals surface area contributed by atoms with Gasteiger partial charge < -0.3 is 4.74 Å². The van der Waals surface area contributed by atoms with Crippen molar-refractivity contribution < 1.29 is 4.74 Å². The maximum atomic E-state index is 5.65. The quantitative estimate of drug-likeness (QED) is 0.442. The Kier molecular flexibility index (Phi) is 7.29. The molecule has 98 valence electrons. The van der Waals surface area contributed by atoms with Crippen molar-refractivity contribution in [2.75, 3.05) is 12.5 Å². The minimum absolute atomic E-state index is 0.561. The zero-order chi connectivity index (χ0) is 13.2. The molecule has 0 aliphatic carbocycles. The summed E-state index contributed by atoms with van der Waals surface area (Å²) in [6.07, 6.45) is 6.41. The fourth-order valence-corrected chi connectivity index (χ4v) is 1.55. The third kappa shape index (κ3) is 6.51. The Bertz CT molecular complexity index is 406. The van der Waals surface area contributed by atoms with Crippen LogP contribution < -0.4 is 4.74 Å². The lowest BCUT2D eigenvalue weighted by Crippen LogP contribution is -2.00. The third-order valence-electron chi connectivity index (χ3n) is 2.36. The molecule has 0 aliphatic rings. The molecule has 0 unspecified atom stereocenters. The smallest absolute Gasteiger partial charge is 0.138 e. The molecule has 3 heteroatoms. The maximum absolute atomic E-state index is 5.65. The average molecular weight is 266 g/mol. The van der Waals surface area contributed by atoms with E-state index in [1.807, 2.05) is 6.07 Å². The van der Waals surface area contributed by atoms with E-state index in [2.05, 4.69) is 30.7 Å². The molecule has 2 nitrogen and oxygen atoms in total. The summed E-state index contributed by atoms with van der Waals surface area (Å²) >= 11 is 5.57. The van der Waals surface area contributed by atoms with Gasteiger partial charge in [-0.2, -0.15) is 0 Å². The highest BCUT2D eigenvalue weighted by atomic mass is 35.5. The van der Waals surface area contributed by atoms with Crippen molar-refractivity contribution >= 4 is 11.6 Å². The first-order valence-electron chi connectivity index (χ1n) is 6.35. The topological polar surface area (TPSA) is 22.1 Å². The van der Waals surface area contributed by atoms with Gasteiger partial charge >= 0.3 is 0 Å². The Labute approximate surface area is 115 Å². The molecule has 1 rings (SSSR count). The van der Waals surface area contributed by atoms with Crippen molar-refractivity contribution in [1.29, 1.82) is 0 Å². The molecule has 1 heterocycles. The molecule has 18 heavy (non-hydrogen) atoms. The normalized spacial score (nSPS) is 10.0. The first kappa shape index (κ1) is 14.9. The summed E-state index contributed by atoms with van der Waals surface area (Å²) in [5.74, 6) is 8.07. The Balaban J connectivity index is 2.42. The molecule has 0 saturated carbocycles. The number of aromatic nitrogens is 1. The number of pyridine rings is 1. The van der Waals surface area contributed by atoms with E-state index in [-0.39, 0.29) is 0 Å². The summed E-state index contributed by atoms with van der Waals surface area (Å²) in [7, 11) is 0. The van der Waals surface area contributed by atoms with Crippen molar-refractivity contribution in [1.82, 2.24) is 4.98 Å². The number of ether oxygens (including phenoxy) is 1. The molecular formula is C15H20ClNO.